The number of ether oxygens (including phenoxy) is 3. The molecule has 0 saturated carbocycles. The smallest absolute Gasteiger partial charge is 0.431 e. The number of carbonyl (C=O) groups is 3. The first-order chi connectivity index (χ1) is 17.4. The second-order valence-electron chi connectivity index (χ2n) is 8.12. The lowest BCUT2D eigenvalue weighted by atomic mass is 9.93. The van der Waals surface area contributed by atoms with Crippen molar-refractivity contribution in [1.82, 2.24) is 10.3 Å². The van der Waals surface area contributed by atoms with Crippen LogP contribution < -0.4 is 10.6 Å². The van der Waals surface area contributed by atoms with Crippen LogP contribution in [0.5, 0.6) is 0 Å². The summed E-state index contributed by atoms with van der Waals surface area (Å²) in [6.45, 7) is 3.65. The number of carbonyl (C=O) groups excluding carboxylic acids is 3. The minimum atomic E-state index is -0.895. The van der Waals surface area contributed by atoms with Crippen LogP contribution in [0.1, 0.15) is 51.9 Å². The Morgan fingerprint density at radius 3 is 2.67 bits per heavy atom. The van der Waals surface area contributed by atoms with Crippen molar-refractivity contribution in [3.8, 4) is 10.4 Å². The van der Waals surface area contributed by atoms with Crippen molar-refractivity contribution >= 4 is 46.4 Å². The second kappa shape index (κ2) is 11.8. The fraction of sp³-hybridized carbons (Fsp3) is 0.280. The number of hydrogen-bond acceptors (Lipinski definition) is 10. The molecule has 1 amide bonds. The van der Waals surface area contributed by atoms with Gasteiger partial charge in [-0.15, -0.1) is 22.7 Å². The summed E-state index contributed by atoms with van der Waals surface area (Å²) in [6, 6.07) is 9.35. The molecule has 0 radical (unpaired) electrons. The van der Waals surface area contributed by atoms with E-state index >= 15 is 0 Å². The minimum absolute atomic E-state index is 0.0438. The summed E-state index contributed by atoms with van der Waals surface area (Å²) >= 11 is 2.66. The van der Waals surface area contributed by atoms with Crippen molar-refractivity contribution in [3.05, 3.63) is 69.6 Å². The number of amides is 1. The number of thiophene rings is 1. The van der Waals surface area contributed by atoms with Crippen LogP contribution in [0.4, 0.5) is 10.5 Å². The number of anilines is 1. The Balaban J connectivity index is 1.50. The number of rotatable bonds is 8. The summed E-state index contributed by atoms with van der Waals surface area (Å²) in [4.78, 5) is 42.0. The van der Waals surface area contributed by atoms with Crippen LogP contribution >= 0.6 is 22.7 Å². The van der Waals surface area contributed by atoms with Crippen LogP contribution in [0.15, 0.2) is 53.5 Å². The SMILES string of the molecule is CC(C)OC(=O)OCOC(=O)c1sc(-c2ccc(NC(=O)c3cscn3)cc2)cc1C1C=CNCC1. The molecule has 0 aliphatic carbocycles. The highest BCUT2D eigenvalue weighted by atomic mass is 32.1. The van der Waals surface area contributed by atoms with Crippen LogP contribution in [0.2, 0.25) is 0 Å². The van der Waals surface area contributed by atoms with E-state index in [2.05, 4.69) is 15.6 Å². The quantitative estimate of drug-likeness (QED) is 0.296. The van der Waals surface area contributed by atoms with Crippen molar-refractivity contribution in [1.29, 1.82) is 0 Å². The van der Waals surface area contributed by atoms with Crippen LogP contribution in [0.25, 0.3) is 10.4 Å². The maximum atomic E-state index is 12.9. The molecular weight excluding hydrogens is 502 g/mol. The van der Waals surface area contributed by atoms with E-state index in [0.29, 0.717) is 16.3 Å². The molecule has 2 N–H and O–H groups in total. The summed E-state index contributed by atoms with van der Waals surface area (Å²) in [5, 5.41) is 7.67. The van der Waals surface area contributed by atoms with Crippen molar-refractivity contribution in [3.63, 3.8) is 0 Å². The number of hydrogen-bond donors (Lipinski definition) is 2. The minimum Gasteiger partial charge on any atom is -0.431 e. The van der Waals surface area contributed by atoms with Crippen LogP contribution in [0.3, 0.4) is 0 Å². The van der Waals surface area contributed by atoms with Gasteiger partial charge in [0.25, 0.3) is 5.91 Å². The lowest BCUT2D eigenvalue weighted by Crippen LogP contribution is -2.19. The summed E-state index contributed by atoms with van der Waals surface area (Å²) in [6.07, 6.45) is 3.49. The number of esters is 1. The molecule has 3 heterocycles. The fourth-order valence-corrected chi connectivity index (χ4v) is 5.17. The number of nitrogens with one attached hydrogen (secondary N) is 2. The molecule has 188 valence electrons. The van der Waals surface area contributed by atoms with E-state index in [1.54, 1.807) is 36.9 Å². The molecule has 3 aromatic rings. The van der Waals surface area contributed by atoms with Crippen molar-refractivity contribution in [2.24, 2.45) is 0 Å². The van der Waals surface area contributed by atoms with E-state index < -0.39 is 18.9 Å². The summed E-state index contributed by atoms with van der Waals surface area (Å²) in [7, 11) is 0. The number of nitrogens with zero attached hydrogens (tertiary/aromatic N) is 1. The molecule has 4 rings (SSSR count). The van der Waals surface area contributed by atoms with E-state index in [9.17, 15) is 14.4 Å². The zero-order valence-corrected chi connectivity index (χ0v) is 21.3. The maximum absolute atomic E-state index is 12.9. The molecule has 0 spiro atoms. The fourth-order valence-electron chi connectivity index (χ4n) is 3.50. The Morgan fingerprint density at radius 1 is 1.19 bits per heavy atom. The van der Waals surface area contributed by atoms with Gasteiger partial charge in [-0.05, 0) is 55.8 Å². The average Bonchev–Trinajstić information content (AvgIpc) is 3.55. The molecule has 11 heteroatoms. The molecule has 0 bridgehead atoms. The predicted octanol–water partition coefficient (Wildman–Crippen LogP) is 5.39. The van der Waals surface area contributed by atoms with E-state index in [0.717, 1.165) is 29.0 Å². The normalized spacial score (nSPS) is 14.7. The summed E-state index contributed by atoms with van der Waals surface area (Å²) < 4.78 is 14.9. The number of aromatic nitrogens is 1. The topological polar surface area (TPSA) is 116 Å². The molecule has 1 aliphatic rings. The third-order valence-corrected chi connectivity index (χ3v) is 6.95. The molecule has 1 aromatic carbocycles. The second-order valence-corrected chi connectivity index (χ2v) is 9.89. The zero-order valence-electron chi connectivity index (χ0n) is 19.7. The summed E-state index contributed by atoms with van der Waals surface area (Å²) in [5.74, 6) is -0.801. The Kier molecular flexibility index (Phi) is 8.34. The van der Waals surface area contributed by atoms with Gasteiger partial charge in [-0.1, -0.05) is 18.2 Å². The first-order valence-electron chi connectivity index (χ1n) is 11.2. The van der Waals surface area contributed by atoms with Crippen LogP contribution in [-0.2, 0) is 14.2 Å². The number of thiazole rings is 1. The average molecular weight is 528 g/mol. The lowest BCUT2D eigenvalue weighted by molar-refractivity contribution is -0.0342. The van der Waals surface area contributed by atoms with Gasteiger partial charge < -0.3 is 24.8 Å². The van der Waals surface area contributed by atoms with E-state index in [1.807, 2.05) is 30.5 Å². The standard InChI is InChI=1S/C25H25N3O6S2/c1-15(2)34-25(31)33-14-32-24(30)22-19(16-7-9-26-10-8-16)11-21(36-22)17-3-5-18(6-4-17)28-23(29)20-12-35-13-27-20/h3-7,9,11-13,15-16,26H,8,10,14H2,1-2H3,(H,28,29). The lowest BCUT2D eigenvalue weighted by Gasteiger charge is -2.17. The van der Waals surface area contributed by atoms with E-state index in [1.165, 1.54) is 22.7 Å². The van der Waals surface area contributed by atoms with Gasteiger partial charge in [-0.25, -0.2) is 14.6 Å². The van der Waals surface area contributed by atoms with E-state index in [-0.39, 0.29) is 17.9 Å². The van der Waals surface area contributed by atoms with Crippen LogP contribution in [0, 0.1) is 0 Å². The van der Waals surface area contributed by atoms with E-state index in [4.69, 9.17) is 14.2 Å². The monoisotopic (exact) mass is 527 g/mol. The van der Waals surface area contributed by atoms with Gasteiger partial charge in [0, 0.05) is 28.4 Å². The zero-order chi connectivity index (χ0) is 25.5. The predicted molar refractivity (Wildman–Crippen MR) is 137 cm³/mol. The molecule has 9 nitrogen and oxygen atoms in total. The van der Waals surface area contributed by atoms with Crippen molar-refractivity contribution in [2.45, 2.75) is 32.3 Å². The van der Waals surface area contributed by atoms with Gasteiger partial charge in [0.05, 0.1) is 11.6 Å². The Labute approximate surface area is 216 Å². The molecule has 0 fully saturated rings. The van der Waals surface area contributed by atoms with Gasteiger partial charge in [0.15, 0.2) is 0 Å². The van der Waals surface area contributed by atoms with Gasteiger partial charge in [-0.2, -0.15) is 0 Å². The van der Waals surface area contributed by atoms with Gasteiger partial charge in [-0.3, -0.25) is 4.79 Å². The Hall–Kier alpha value is -3.70. The molecule has 1 unspecified atom stereocenters. The number of allylic oxidation sites excluding steroid dienone is 1. The van der Waals surface area contributed by atoms with Gasteiger partial charge >= 0.3 is 12.1 Å². The third kappa shape index (κ3) is 6.49. The highest BCUT2D eigenvalue weighted by Gasteiger charge is 2.24. The first-order valence-corrected chi connectivity index (χ1v) is 13.0. The Morgan fingerprint density at radius 2 is 2.00 bits per heavy atom. The van der Waals surface area contributed by atoms with Gasteiger partial charge in [0.1, 0.15) is 10.6 Å². The van der Waals surface area contributed by atoms with Gasteiger partial charge in [0.2, 0.25) is 6.79 Å². The summed E-state index contributed by atoms with van der Waals surface area (Å²) in [5.41, 5.74) is 4.35. The molecule has 1 aliphatic heterocycles. The number of benzene rings is 1. The maximum Gasteiger partial charge on any atom is 0.511 e. The van der Waals surface area contributed by atoms with Crippen LogP contribution in [-0.4, -0.2) is 42.5 Å². The third-order valence-electron chi connectivity index (χ3n) is 5.18. The molecule has 1 atom stereocenters. The largest absolute Gasteiger partial charge is 0.511 e. The molecular formula is C25H25N3O6S2. The first kappa shape index (κ1) is 25.4. The van der Waals surface area contributed by atoms with Crippen molar-refractivity contribution < 1.29 is 28.6 Å². The highest BCUT2D eigenvalue weighted by Crippen LogP contribution is 2.38. The van der Waals surface area contributed by atoms with Crippen molar-refractivity contribution in [2.75, 3.05) is 18.7 Å². The molecule has 0 saturated heterocycles. The molecule has 36 heavy (non-hydrogen) atoms. The Bertz CT molecular complexity index is 1240. The molecule has 2 aromatic heterocycles. The highest BCUT2D eigenvalue weighted by molar-refractivity contribution is 7.17.